The maximum absolute atomic E-state index is 11.9. The minimum atomic E-state index is -2.55. The zero-order chi connectivity index (χ0) is 30.8. The topological polar surface area (TPSA) is 89.5 Å². The van der Waals surface area contributed by atoms with Gasteiger partial charge in [0.1, 0.15) is 6.61 Å². The highest BCUT2D eigenvalue weighted by molar-refractivity contribution is 6.99. The first-order chi connectivity index (χ1) is 20.9. The van der Waals surface area contributed by atoms with Crippen molar-refractivity contribution in [1.82, 2.24) is 0 Å². The Bertz CT molecular complexity index is 1160. The number of ether oxygens (including phenoxy) is 5. The van der Waals surface area contributed by atoms with Crippen molar-refractivity contribution in [2.24, 2.45) is 0 Å². The van der Waals surface area contributed by atoms with Crippen LogP contribution in [0.25, 0.3) is 0 Å². The molecule has 0 heterocycles. The number of hydrogen-bond acceptors (Lipinski definition) is 8. The number of carbonyl (C=O) groups is 2. The highest BCUT2D eigenvalue weighted by Crippen LogP contribution is 2.36. The van der Waals surface area contributed by atoms with Crippen molar-refractivity contribution in [2.75, 3.05) is 66.1 Å². The minimum absolute atomic E-state index is 0.00342. The summed E-state index contributed by atoms with van der Waals surface area (Å²) in [7, 11) is -2.55. The molecule has 0 radical (unpaired) electrons. The average molecular weight is 609 g/mol. The van der Waals surface area contributed by atoms with Crippen molar-refractivity contribution in [3.8, 4) is 0 Å². The maximum atomic E-state index is 11.9. The van der Waals surface area contributed by atoms with Gasteiger partial charge in [-0.05, 0) is 15.4 Å². The van der Waals surface area contributed by atoms with Crippen LogP contribution in [-0.2, 0) is 32.9 Å². The van der Waals surface area contributed by atoms with Crippen molar-refractivity contribution in [3.05, 3.63) is 96.6 Å². The highest BCUT2D eigenvalue weighted by atomic mass is 28.4. The minimum Gasteiger partial charge on any atom is -0.457 e. The molecule has 0 aliphatic heterocycles. The first kappa shape index (κ1) is 34.3. The molecule has 0 atom stereocenters. The summed E-state index contributed by atoms with van der Waals surface area (Å²) >= 11 is 0. The molecular weight excluding hydrogens is 564 g/mol. The van der Waals surface area contributed by atoms with Crippen LogP contribution in [0.5, 0.6) is 0 Å². The molecular formula is C34H44O8Si. The van der Waals surface area contributed by atoms with Crippen molar-refractivity contribution in [3.63, 3.8) is 0 Å². The summed E-state index contributed by atoms with van der Waals surface area (Å²) in [6.45, 7) is 10.5. The lowest BCUT2D eigenvalue weighted by atomic mass is 10.1. The van der Waals surface area contributed by atoms with E-state index >= 15 is 0 Å². The standard InChI is InChI=1S/C34H44O8Si/c1-34(2,3)43(30-15-9-5-10-16-30,31-17-11-6-12-18-31)42-28-26-40-24-22-38-20-19-37-21-23-39-25-27-41-33(36)32(35)29-13-7-4-8-14-29/h4-18H,19-28H2,1-3H3. The SMILES string of the molecule is CC(C)(C)[Si](OCCOCCOCCOCCOCCOC(=O)C(=O)c1ccccc1)(c1ccccc1)c1ccccc1. The second kappa shape index (κ2) is 18.5. The van der Waals surface area contributed by atoms with E-state index in [1.165, 1.54) is 10.4 Å². The van der Waals surface area contributed by atoms with Gasteiger partial charge in [0.2, 0.25) is 0 Å². The number of benzene rings is 3. The van der Waals surface area contributed by atoms with Crippen LogP contribution in [0.4, 0.5) is 0 Å². The molecule has 9 heteroatoms. The van der Waals surface area contributed by atoms with Crippen molar-refractivity contribution in [1.29, 1.82) is 0 Å². The summed E-state index contributed by atoms with van der Waals surface area (Å²) < 4.78 is 34.0. The maximum Gasteiger partial charge on any atom is 0.379 e. The Morgan fingerprint density at radius 1 is 0.535 bits per heavy atom. The van der Waals surface area contributed by atoms with Crippen LogP contribution in [0.15, 0.2) is 91.0 Å². The van der Waals surface area contributed by atoms with E-state index in [0.29, 0.717) is 58.4 Å². The molecule has 232 valence electrons. The summed E-state index contributed by atoms with van der Waals surface area (Å²) in [5, 5.41) is 2.43. The third-order valence-corrected chi connectivity index (χ3v) is 11.8. The first-order valence-electron chi connectivity index (χ1n) is 14.7. The molecule has 0 fully saturated rings. The average Bonchev–Trinajstić information content (AvgIpc) is 3.03. The fourth-order valence-corrected chi connectivity index (χ4v) is 9.29. The number of ketones is 1. The smallest absolute Gasteiger partial charge is 0.379 e. The molecule has 43 heavy (non-hydrogen) atoms. The van der Waals surface area contributed by atoms with Gasteiger partial charge in [0.05, 0.1) is 59.5 Å². The lowest BCUT2D eigenvalue weighted by Gasteiger charge is -2.43. The summed E-state index contributed by atoms with van der Waals surface area (Å²) in [6, 6.07) is 29.4. The monoisotopic (exact) mass is 608 g/mol. The molecule has 0 unspecified atom stereocenters. The quantitative estimate of drug-likeness (QED) is 0.0624. The third-order valence-electron chi connectivity index (χ3n) is 6.76. The summed E-state index contributed by atoms with van der Waals surface area (Å²) in [5.74, 6) is -1.56. The second-order valence-corrected chi connectivity index (χ2v) is 15.1. The molecule has 0 bridgehead atoms. The molecule has 0 saturated carbocycles. The highest BCUT2D eigenvalue weighted by Gasteiger charge is 2.50. The summed E-state index contributed by atoms with van der Waals surface area (Å²) in [4.78, 5) is 23.7. The number of esters is 1. The Hall–Kier alpha value is -3.18. The Balaban J connectivity index is 1.22. The fraction of sp³-hybridized carbons (Fsp3) is 0.412. The van der Waals surface area contributed by atoms with E-state index in [2.05, 4.69) is 69.3 Å². The van der Waals surface area contributed by atoms with Gasteiger partial charge in [0, 0.05) is 5.56 Å². The predicted octanol–water partition coefficient (Wildman–Crippen LogP) is 4.06. The zero-order valence-electron chi connectivity index (χ0n) is 25.5. The molecule has 0 N–H and O–H groups in total. The normalized spacial score (nSPS) is 11.8. The van der Waals surface area contributed by atoms with Crippen molar-refractivity contribution < 1.29 is 37.7 Å². The number of rotatable bonds is 20. The predicted molar refractivity (Wildman–Crippen MR) is 169 cm³/mol. The molecule has 8 nitrogen and oxygen atoms in total. The van der Waals surface area contributed by atoms with Gasteiger partial charge in [-0.1, -0.05) is 112 Å². The van der Waals surface area contributed by atoms with Gasteiger partial charge >= 0.3 is 5.97 Å². The Morgan fingerprint density at radius 2 is 0.907 bits per heavy atom. The van der Waals surface area contributed by atoms with E-state index in [-0.39, 0.29) is 18.3 Å². The van der Waals surface area contributed by atoms with E-state index in [9.17, 15) is 9.59 Å². The third kappa shape index (κ3) is 10.8. The van der Waals surface area contributed by atoms with Gasteiger partial charge in [-0.15, -0.1) is 0 Å². The molecule has 0 aliphatic carbocycles. The van der Waals surface area contributed by atoms with Gasteiger partial charge in [-0.25, -0.2) is 4.79 Å². The zero-order valence-corrected chi connectivity index (χ0v) is 26.5. The molecule has 0 aromatic heterocycles. The van der Waals surface area contributed by atoms with Crippen LogP contribution in [0.3, 0.4) is 0 Å². The molecule has 0 saturated heterocycles. The van der Waals surface area contributed by atoms with E-state index in [0.717, 1.165) is 0 Å². The van der Waals surface area contributed by atoms with E-state index in [4.69, 9.17) is 28.1 Å². The first-order valence-corrected chi connectivity index (χ1v) is 16.6. The van der Waals surface area contributed by atoms with Gasteiger partial charge in [-0.3, -0.25) is 4.79 Å². The second-order valence-electron chi connectivity index (χ2n) is 10.8. The molecule has 0 aliphatic rings. The fourth-order valence-electron chi connectivity index (χ4n) is 4.74. The molecule has 0 amide bonds. The van der Waals surface area contributed by atoms with Gasteiger partial charge in [0.15, 0.2) is 0 Å². The van der Waals surface area contributed by atoms with Gasteiger partial charge in [-0.2, -0.15) is 0 Å². The van der Waals surface area contributed by atoms with Crippen LogP contribution in [-0.4, -0.2) is 86.1 Å². The van der Waals surface area contributed by atoms with Crippen LogP contribution < -0.4 is 10.4 Å². The van der Waals surface area contributed by atoms with E-state index in [1.54, 1.807) is 30.3 Å². The van der Waals surface area contributed by atoms with Crippen LogP contribution >= 0.6 is 0 Å². The molecule has 3 rings (SSSR count). The van der Waals surface area contributed by atoms with Crippen LogP contribution in [0.1, 0.15) is 31.1 Å². The number of Topliss-reactive ketones (excluding diaryl/α,β-unsaturated/α-hetero) is 1. The molecule has 0 spiro atoms. The lowest BCUT2D eigenvalue weighted by molar-refractivity contribution is -0.139. The molecule has 3 aromatic carbocycles. The van der Waals surface area contributed by atoms with Crippen molar-refractivity contribution in [2.45, 2.75) is 25.8 Å². The largest absolute Gasteiger partial charge is 0.457 e. The van der Waals surface area contributed by atoms with E-state index in [1.807, 2.05) is 12.1 Å². The molecule has 3 aromatic rings. The van der Waals surface area contributed by atoms with Crippen LogP contribution in [0, 0.1) is 0 Å². The van der Waals surface area contributed by atoms with Crippen molar-refractivity contribution >= 4 is 30.4 Å². The van der Waals surface area contributed by atoms with Gasteiger partial charge in [0.25, 0.3) is 14.1 Å². The summed E-state index contributed by atoms with van der Waals surface area (Å²) in [6.07, 6.45) is 0. The summed E-state index contributed by atoms with van der Waals surface area (Å²) in [5.41, 5.74) is 0.302. The lowest BCUT2D eigenvalue weighted by Crippen LogP contribution is -2.66. The van der Waals surface area contributed by atoms with Gasteiger partial charge < -0.3 is 28.1 Å². The Kier molecular flexibility index (Phi) is 14.7. The number of hydrogen-bond donors (Lipinski definition) is 0. The van der Waals surface area contributed by atoms with Crippen LogP contribution in [0.2, 0.25) is 5.04 Å². The van der Waals surface area contributed by atoms with E-state index < -0.39 is 20.1 Å². The Labute approximate surface area is 256 Å². The number of carbonyl (C=O) groups excluding carboxylic acids is 2. The Morgan fingerprint density at radius 3 is 1.33 bits per heavy atom.